The molecule has 0 unspecified atom stereocenters. The molecular weight excluding hydrogens is 417 g/mol. The normalized spacial score (nSPS) is 10.9. The molecule has 4 nitrogen and oxygen atoms in total. The van der Waals surface area contributed by atoms with Crippen LogP contribution < -0.4 is 10.2 Å². The quantitative estimate of drug-likeness (QED) is 0.391. The fraction of sp³-hybridized carbons (Fsp3) is 0.0667. The molecule has 0 bridgehead atoms. The van der Waals surface area contributed by atoms with Crippen molar-refractivity contribution in [2.75, 3.05) is 6.61 Å². The number of halogens is 5. The number of hydrogen-bond donors (Lipinski definition) is 1. The van der Waals surface area contributed by atoms with Gasteiger partial charge in [-0.25, -0.2) is 5.43 Å². The highest BCUT2D eigenvalue weighted by Gasteiger charge is 2.08. The number of benzene rings is 2. The monoisotopic (exact) mass is 424 g/mol. The standard InChI is InChI=1S/C15H9Cl5N2O2/c16-8-1-4-13(12(19)5-8)24-7-14(23)22-21-6-9-10(17)2-3-11(18)15(9)20/h1-6H,7H2,(H,22,23)/b21-6+. The first-order chi connectivity index (χ1) is 11.4. The SMILES string of the molecule is O=C(COc1ccc(Cl)cc1Cl)N/N=C/c1c(Cl)ccc(Cl)c1Cl. The molecule has 126 valence electrons. The van der Waals surface area contributed by atoms with Gasteiger partial charge in [-0.05, 0) is 30.3 Å². The molecule has 0 saturated heterocycles. The second kappa shape index (κ2) is 8.79. The zero-order valence-corrected chi connectivity index (χ0v) is 15.6. The van der Waals surface area contributed by atoms with Gasteiger partial charge in [-0.1, -0.05) is 58.0 Å². The number of nitrogens with zero attached hydrogens (tertiary/aromatic N) is 1. The van der Waals surface area contributed by atoms with Gasteiger partial charge in [0.2, 0.25) is 0 Å². The first-order valence-electron chi connectivity index (χ1n) is 6.41. The van der Waals surface area contributed by atoms with Gasteiger partial charge in [-0.2, -0.15) is 5.10 Å². The van der Waals surface area contributed by atoms with Crippen LogP contribution in [0.4, 0.5) is 0 Å². The zero-order valence-electron chi connectivity index (χ0n) is 11.8. The lowest BCUT2D eigenvalue weighted by Gasteiger charge is -2.07. The molecule has 0 saturated carbocycles. The molecule has 0 aliphatic rings. The minimum Gasteiger partial charge on any atom is -0.482 e. The molecule has 0 fully saturated rings. The number of ether oxygens (including phenoxy) is 1. The third-order valence-electron chi connectivity index (χ3n) is 2.72. The molecule has 0 aliphatic heterocycles. The van der Waals surface area contributed by atoms with Crippen molar-refractivity contribution in [2.24, 2.45) is 5.10 Å². The number of rotatable bonds is 5. The summed E-state index contributed by atoms with van der Waals surface area (Å²) in [4.78, 5) is 11.7. The van der Waals surface area contributed by atoms with Gasteiger partial charge in [0.1, 0.15) is 5.75 Å². The molecule has 0 atom stereocenters. The van der Waals surface area contributed by atoms with E-state index in [0.717, 1.165) is 0 Å². The van der Waals surface area contributed by atoms with E-state index in [4.69, 9.17) is 62.7 Å². The van der Waals surface area contributed by atoms with E-state index in [1.54, 1.807) is 24.3 Å². The van der Waals surface area contributed by atoms with Gasteiger partial charge >= 0.3 is 0 Å². The van der Waals surface area contributed by atoms with Gasteiger partial charge in [-0.3, -0.25) is 4.79 Å². The summed E-state index contributed by atoms with van der Waals surface area (Å²) in [7, 11) is 0. The van der Waals surface area contributed by atoms with Crippen LogP contribution in [0.1, 0.15) is 5.56 Å². The Bertz CT molecular complexity index is 796. The Hall–Kier alpha value is -1.17. The van der Waals surface area contributed by atoms with Crippen molar-refractivity contribution in [1.82, 2.24) is 5.43 Å². The average Bonchev–Trinajstić information content (AvgIpc) is 2.53. The van der Waals surface area contributed by atoms with Crippen LogP contribution >= 0.6 is 58.0 Å². The molecule has 1 amide bonds. The molecule has 0 radical (unpaired) electrons. The molecule has 0 aliphatic carbocycles. The van der Waals surface area contributed by atoms with Crippen LogP contribution in [0.25, 0.3) is 0 Å². The van der Waals surface area contributed by atoms with Gasteiger partial charge < -0.3 is 4.74 Å². The predicted molar refractivity (Wildman–Crippen MR) is 99.2 cm³/mol. The van der Waals surface area contributed by atoms with Gasteiger partial charge in [0.05, 0.1) is 26.3 Å². The van der Waals surface area contributed by atoms with Crippen molar-refractivity contribution < 1.29 is 9.53 Å². The Morgan fingerprint density at radius 2 is 1.75 bits per heavy atom. The Balaban J connectivity index is 1.93. The smallest absolute Gasteiger partial charge is 0.277 e. The summed E-state index contributed by atoms with van der Waals surface area (Å²) < 4.78 is 5.27. The van der Waals surface area contributed by atoms with Crippen LogP contribution in [0.15, 0.2) is 35.4 Å². The van der Waals surface area contributed by atoms with Crippen LogP contribution in [0.2, 0.25) is 25.1 Å². The maximum absolute atomic E-state index is 11.7. The molecule has 2 rings (SSSR count). The minimum atomic E-state index is -0.494. The summed E-state index contributed by atoms with van der Waals surface area (Å²) in [5.41, 5.74) is 2.68. The fourth-order valence-corrected chi connectivity index (χ4v) is 2.69. The first-order valence-corrected chi connectivity index (χ1v) is 8.30. The van der Waals surface area contributed by atoms with Gasteiger partial charge in [0, 0.05) is 10.6 Å². The van der Waals surface area contributed by atoms with E-state index < -0.39 is 5.91 Å². The van der Waals surface area contributed by atoms with E-state index in [-0.39, 0.29) is 11.6 Å². The third kappa shape index (κ3) is 5.16. The van der Waals surface area contributed by atoms with E-state index >= 15 is 0 Å². The van der Waals surface area contributed by atoms with Crippen LogP contribution in [0.3, 0.4) is 0 Å². The molecule has 0 heterocycles. The largest absolute Gasteiger partial charge is 0.482 e. The number of hydrazone groups is 1. The molecule has 24 heavy (non-hydrogen) atoms. The van der Waals surface area contributed by atoms with Crippen molar-refractivity contribution in [2.45, 2.75) is 0 Å². The fourth-order valence-electron chi connectivity index (χ4n) is 1.60. The van der Waals surface area contributed by atoms with E-state index in [9.17, 15) is 4.79 Å². The second-order valence-corrected chi connectivity index (χ2v) is 6.45. The van der Waals surface area contributed by atoms with Crippen LogP contribution in [0.5, 0.6) is 5.75 Å². The average molecular weight is 427 g/mol. The van der Waals surface area contributed by atoms with Crippen molar-refractivity contribution in [3.8, 4) is 5.75 Å². The summed E-state index contributed by atoms with van der Waals surface area (Å²) in [6, 6.07) is 7.81. The van der Waals surface area contributed by atoms with E-state index in [0.29, 0.717) is 31.4 Å². The van der Waals surface area contributed by atoms with Crippen LogP contribution in [-0.2, 0) is 4.79 Å². The van der Waals surface area contributed by atoms with Crippen molar-refractivity contribution in [3.05, 3.63) is 61.0 Å². The number of carbonyl (C=O) groups excluding carboxylic acids is 1. The number of hydrogen-bond acceptors (Lipinski definition) is 3. The summed E-state index contributed by atoms with van der Waals surface area (Å²) in [6.45, 7) is -0.282. The van der Waals surface area contributed by atoms with Crippen LogP contribution in [-0.4, -0.2) is 18.7 Å². The molecule has 1 N–H and O–H groups in total. The Kier molecular flexibility index (Phi) is 7.02. The van der Waals surface area contributed by atoms with Crippen molar-refractivity contribution >= 4 is 70.1 Å². The Labute approximate surface area is 163 Å². The lowest BCUT2D eigenvalue weighted by molar-refractivity contribution is -0.123. The summed E-state index contributed by atoms with van der Waals surface area (Å²) in [5, 5.41) is 5.46. The highest BCUT2D eigenvalue weighted by Crippen LogP contribution is 2.30. The lowest BCUT2D eigenvalue weighted by atomic mass is 10.2. The lowest BCUT2D eigenvalue weighted by Crippen LogP contribution is -2.24. The number of carbonyl (C=O) groups is 1. The van der Waals surface area contributed by atoms with E-state index in [1.807, 2.05) is 0 Å². The molecule has 0 spiro atoms. The molecule has 2 aromatic rings. The highest BCUT2D eigenvalue weighted by atomic mass is 35.5. The summed E-state index contributed by atoms with van der Waals surface area (Å²) >= 11 is 29.6. The Morgan fingerprint density at radius 3 is 2.46 bits per heavy atom. The van der Waals surface area contributed by atoms with E-state index in [2.05, 4.69) is 10.5 Å². The Morgan fingerprint density at radius 1 is 1.04 bits per heavy atom. The molecule has 9 heteroatoms. The third-order valence-corrected chi connectivity index (χ3v) is 4.39. The molecule has 2 aromatic carbocycles. The van der Waals surface area contributed by atoms with Gasteiger partial charge in [0.15, 0.2) is 6.61 Å². The predicted octanol–water partition coefficient (Wildman–Crippen LogP) is 5.48. The second-order valence-electron chi connectivity index (χ2n) is 4.41. The summed E-state index contributed by atoms with van der Waals surface area (Å²) in [6.07, 6.45) is 1.30. The first kappa shape index (κ1) is 19.2. The van der Waals surface area contributed by atoms with Gasteiger partial charge in [-0.15, -0.1) is 0 Å². The number of amides is 1. The maximum atomic E-state index is 11.7. The highest BCUT2D eigenvalue weighted by molar-refractivity contribution is 6.45. The van der Waals surface area contributed by atoms with Crippen molar-refractivity contribution in [1.29, 1.82) is 0 Å². The topological polar surface area (TPSA) is 50.7 Å². The van der Waals surface area contributed by atoms with Gasteiger partial charge in [0.25, 0.3) is 5.91 Å². The minimum absolute atomic E-state index is 0.242. The molecular formula is C15H9Cl5N2O2. The molecule has 0 aromatic heterocycles. The zero-order chi connectivity index (χ0) is 17.7. The maximum Gasteiger partial charge on any atom is 0.277 e. The van der Waals surface area contributed by atoms with E-state index in [1.165, 1.54) is 12.3 Å². The summed E-state index contributed by atoms with van der Waals surface area (Å²) in [5.74, 6) is -0.160. The van der Waals surface area contributed by atoms with Crippen molar-refractivity contribution in [3.63, 3.8) is 0 Å². The number of nitrogens with one attached hydrogen (secondary N) is 1. The van der Waals surface area contributed by atoms with Crippen LogP contribution in [0, 0.1) is 0 Å².